The summed E-state index contributed by atoms with van der Waals surface area (Å²) in [5.41, 5.74) is 0. The molecular formula is C7H11BO6. The summed E-state index contributed by atoms with van der Waals surface area (Å²) in [7, 11) is -0.766. The summed E-state index contributed by atoms with van der Waals surface area (Å²) >= 11 is 0. The van der Waals surface area contributed by atoms with Crippen LogP contribution in [0.4, 0.5) is 0 Å². The van der Waals surface area contributed by atoms with Gasteiger partial charge in [-0.3, -0.25) is 0 Å². The lowest BCUT2D eigenvalue weighted by Crippen LogP contribution is -2.36. The number of carboxylic acid groups (broad SMARTS) is 2. The lowest BCUT2D eigenvalue weighted by molar-refractivity contribution is -0.156. The molecule has 2 unspecified atom stereocenters. The fourth-order valence-electron chi connectivity index (χ4n) is 1.15. The van der Waals surface area contributed by atoms with E-state index < -0.39 is 31.3 Å². The third-order valence-electron chi connectivity index (χ3n) is 1.87. The van der Waals surface area contributed by atoms with E-state index in [9.17, 15) is 9.59 Å². The Balaban J connectivity index is 2.75. The van der Waals surface area contributed by atoms with Crippen molar-refractivity contribution >= 4 is 19.1 Å². The van der Waals surface area contributed by atoms with E-state index in [-0.39, 0.29) is 5.82 Å². The molecule has 2 N–H and O–H groups in total. The molecule has 0 aromatic heterocycles. The summed E-state index contributed by atoms with van der Waals surface area (Å²) in [6, 6.07) is 0. The minimum atomic E-state index is -1.42. The van der Waals surface area contributed by atoms with Crippen molar-refractivity contribution < 1.29 is 29.1 Å². The fraction of sp³-hybridized carbons (Fsp3) is 0.714. The maximum absolute atomic E-state index is 10.6. The first-order chi connectivity index (χ1) is 6.43. The van der Waals surface area contributed by atoms with E-state index in [4.69, 9.17) is 19.5 Å². The van der Waals surface area contributed by atoms with Crippen molar-refractivity contribution in [1.29, 1.82) is 0 Å². The predicted molar refractivity (Wildman–Crippen MR) is 45.9 cm³/mol. The van der Waals surface area contributed by atoms with Gasteiger partial charge in [-0.2, -0.15) is 0 Å². The Kier molecular flexibility index (Phi) is 3.12. The summed E-state index contributed by atoms with van der Waals surface area (Å²) in [6.45, 7) is 3.52. The predicted octanol–water partition coefficient (Wildman–Crippen LogP) is -0.162. The molecule has 0 amide bonds. The van der Waals surface area contributed by atoms with E-state index >= 15 is 0 Å². The van der Waals surface area contributed by atoms with Crippen LogP contribution >= 0.6 is 0 Å². The molecule has 78 valence electrons. The zero-order chi connectivity index (χ0) is 10.9. The molecule has 6 nitrogen and oxygen atoms in total. The van der Waals surface area contributed by atoms with E-state index in [2.05, 4.69) is 0 Å². The molecule has 1 heterocycles. The third kappa shape index (κ3) is 2.05. The van der Waals surface area contributed by atoms with Crippen LogP contribution in [0.2, 0.25) is 5.82 Å². The van der Waals surface area contributed by atoms with Gasteiger partial charge in [0.05, 0.1) is 0 Å². The maximum Gasteiger partial charge on any atom is 0.461 e. The Bertz CT molecular complexity index is 231. The highest BCUT2D eigenvalue weighted by molar-refractivity contribution is 6.47. The van der Waals surface area contributed by atoms with Crippen LogP contribution in [0.5, 0.6) is 0 Å². The van der Waals surface area contributed by atoms with Crippen molar-refractivity contribution in [2.45, 2.75) is 31.9 Å². The molecular weight excluding hydrogens is 191 g/mol. The first kappa shape index (κ1) is 11.0. The minimum Gasteiger partial charge on any atom is -0.479 e. The molecule has 1 fully saturated rings. The quantitative estimate of drug-likeness (QED) is 0.617. The highest BCUT2D eigenvalue weighted by atomic mass is 16.7. The second-order valence-corrected chi connectivity index (χ2v) is 3.40. The zero-order valence-corrected chi connectivity index (χ0v) is 7.84. The van der Waals surface area contributed by atoms with Gasteiger partial charge in [-0.25, -0.2) is 9.59 Å². The molecule has 0 radical (unpaired) electrons. The smallest absolute Gasteiger partial charge is 0.461 e. The monoisotopic (exact) mass is 202 g/mol. The lowest BCUT2D eigenvalue weighted by Gasteiger charge is -2.08. The maximum atomic E-state index is 10.6. The van der Waals surface area contributed by atoms with Crippen molar-refractivity contribution in [2.24, 2.45) is 0 Å². The number of carboxylic acids is 2. The Labute approximate surface area is 81.0 Å². The first-order valence-corrected chi connectivity index (χ1v) is 4.20. The highest BCUT2D eigenvalue weighted by Gasteiger charge is 2.48. The summed E-state index contributed by atoms with van der Waals surface area (Å²) in [5.74, 6) is -2.72. The van der Waals surface area contributed by atoms with Gasteiger partial charge in [0, 0.05) is 0 Å². The molecule has 7 heteroatoms. The van der Waals surface area contributed by atoms with Crippen molar-refractivity contribution in [1.82, 2.24) is 0 Å². The fourth-order valence-corrected chi connectivity index (χ4v) is 1.15. The van der Waals surface area contributed by atoms with Crippen LogP contribution in [0.15, 0.2) is 0 Å². The van der Waals surface area contributed by atoms with Gasteiger partial charge in [-0.15, -0.1) is 0 Å². The van der Waals surface area contributed by atoms with Crippen molar-refractivity contribution in [3.8, 4) is 0 Å². The van der Waals surface area contributed by atoms with Gasteiger partial charge >= 0.3 is 19.1 Å². The van der Waals surface area contributed by atoms with Crippen LogP contribution in [0, 0.1) is 0 Å². The average molecular weight is 202 g/mol. The van der Waals surface area contributed by atoms with Gasteiger partial charge in [0.25, 0.3) is 0 Å². The summed E-state index contributed by atoms with van der Waals surface area (Å²) in [4.78, 5) is 21.2. The molecule has 0 spiro atoms. The Hall–Kier alpha value is -1.08. The number of carbonyl (C=O) groups is 2. The summed E-state index contributed by atoms with van der Waals surface area (Å²) < 4.78 is 9.91. The first-order valence-electron chi connectivity index (χ1n) is 4.20. The van der Waals surface area contributed by atoms with Crippen LogP contribution in [-0.2, 0) is 18.9 Å². The van der Waals surface area contributed by atoms with E-state index in [1.165, 1.54) is 0 Å². The molecule has 1 aliphatic heterocycles. The summed E-state index contributed by atoms with van der Waals surface area (Å²) in [6.07, 6.45) is -2.83. The normalized spacial score (nSPS) is 26.9. The molecule has 2 atom stereocenters. The van der Waals surface area contributed by atoms with Gasteiger partial charge in [-0.05, 0) is 5.82 Å². The Morgan fingerprint density at radius 1 is 1.14 bits per heavy atom. The second kappa shape index (κ2) is 3.97. The molecule has 0 aromatic rings. The van der Waals surface area contributed by atoms with Crippen LogP contribution in [0.3, 0.4) is 0 Å². The third-order valence-corrected chi connectivity index (χ3v) is 1.87. The van der Waals surface area contributed by atoms with Crippen LogP contribution in [0.25, 0.3) is 0 Å². The topological polar surface area (TPSA) is 93.1 Å². The van der Waals surface area contributed by atoms with Crippen molar-refractivity contribution in [3.05, 3.63) is 0 Å². The van der Waals surface area contributed by atoms with E-state index in [0.717, 1.165) is 0 Å². The van der Waals surface area contributed by atoms with Gasteiger partial charge in [0.15, 0.2) is 12.2 Å². The molecule has 1 aliphatic rings. The molecule has 1 saturated heterocycles. The van der Waals surface area contributed by atoms with E-state index in [1.807, 2.05) is 0 Å². The van der Waals surface area contributed by atoms with Gasteiger partial charge < -0.3 is 19.5 Å². The van der Waals surface area contributed by atoms with Crippen LogP contribution < -0.4 is 0 Å². The molecule has 14 heavy (non-hydrogen) atoms. The number of hydrogen-bond donors (Lipinski definition) is 2. The highest BCUT2D eigenvalue weighted by Crippen LogP contribution is 2.24. The molecule has 1 rings (SSSR count). The van der Waals surface area contributed by atoms with Gasteiger partial charge in [0.2, 0.25) is 0 Å². The number of aliphatic carboxylic acids is 2. The van der Waals surface area contributed by atoms with E-state index in [0.29, 0.717) is 0 Å². The Morgan fingerprint density at radius 2 is 1.50 bits per heavy atom. The standard InChI is InChI=1S/C7H11BO6/c1-3(2)8-13-4(6(9)10)5(14-8)7(11)12/h3-5H,1-2H3,(H,9,10)(H,11,12). The Morgan fingerprint density at radius 3 is 1.71 bits per heavy atom. The molecule has 0 aliphatic carbocycles. The molecule has 0 bridgehead atoms. The SMILES string of the molecule is CC(C)B1OC(C(=O)O)C(C(=O)O)O1. The van der Waals surface area contributed by atoms with Crippen LogP contribution in [0.1, 0.15) is 13.8 Å². The van der Waals surface area contributed by atoms with Crippen LogP contribution in [-0.4, -0.2) is 41.5 Å². The average Bonchev–Trinajstić information content (AvgIpc) is 2.47. The van der Waals surface area contributed by atoms with Crippen molar-refractivity contribution in [2.75, 3.05) is 0 Å². The lowest BCUT2D eigenvalue weighted by atomic mass is 9.75. The molecule has 0 saturated carbocycles. The van der Waals surface area contributed by atoms with Crippen molar-refractivity contribution in [3.63, 3.8) is 0 Å². The largest absolute Gasteiger partial charge is 0.479 e. The molecule has 0 aromatic carbocycles. The second-order valence-electron chi connectivity index (χ2n) is 3.40. The number of hydrogen-bond acceptors (Lipinski definition) is 4. The zero-order valence-electron chi connectivity index (χ0n) is 7.84. The van der Waals surface area contributed by atoms with E-state index in [1.54, 1.807) is 13.8 Å². The minimum absolute atomic E-state index is 0.0822. The van der Waals surface area contributed by atoms with Gasteiger partial charge in [-0.1, -0.05) is 13.8 Å². The van der Waals surface area contributed by atoms with Gasteiger partial charge in [0.1, 0.15) is 0 Å². The summed E-state index contributed by atoms with van der Waals surface area (Å²) in [5, 5.41) is 17.3. The number of rotatable bonds is 3.